The predicted octanol–water partition coefficient (Wildman–Crippen LogP) is 1.89. The van der Waals surface area contributed by atoms with Gasteiger partial charge in [0.25, 0.3) is 0 Å². The van der Waals surface area contributed by atoms with E-state index in [-0.39, 0.29) is 16.5 Å². The molecule has 0 aliphatic carbocycles. The van der Waals surface area contributed by atoms with Crippen LogP contribution in [0.3, 0.4) is 0 Å². The van der Waals surface area contributed by atoms with Gasteiger partial charge in [-0.2, -0.15) is 0 Å². The molecule has 0 saturated carbocycles. The van der Waals surface area contributed by atoms with Crippen molar-refractivity contribution in [3.05, 3.63) is 23.0 Å². The lowest BCUT2D eigenvalue weighted by atomic mass is 10.3. The zero-order chi connectivity index (χ0) is 10.0. The predicted molar refractivity (Wildman–Crippen MR) is 50.8 cm³/mol. The molecule has 0 fully saturated rings. The molecule has 1 rings (SSSR count). The Balaban J connectivity index is 3.12. The fraction of sp³-hybridized carbons (Fsp3) is 0.143. The van der Waals surface area contributed by atoms with Crippen molar-refractivity contribution >= 4 is 28.3 Å². The van der Waals surface area contributed by atoms with Crippen LogP contribution in [0.5, 0.6) is 5.75 Å². The Kier molecular flexibility index (Phi) is 3.11. The molecular weight excluding hydrogens is 217 g/mol. The average molecular weight is 224 g/mol. The molecular formula is C7H7ClFNO2S. The van der Waals surface area contributed by atoms with Gasteiger partial charge in [0.2, 0.25) is 0 Å². The number of benzene rings is 1. The third-order valence-electron chi connectivity index (χ3n) is 1.28. The summed E-state index contributed by atoms with van der Waals surface area (Å²) in [4.78, 5) is 0. The summed E-state index contributed by atoms with van der Waals surface area (Å²) >= 11 is 5.47. The summed E-state index contributed by atoms with van der Waals surface area (Å²) in [7, 11) is -1.38. The molecule has 0 aliphatic heterocycles. The molecule has 0 radical (unpaired) electrons. The first kappa shape index (κ1) is 10.3. The van der Waals surface area contributed by atoms with E-state index in [0.29, 0.717) is 0 Å². The van der Waals surface area contributed by atoms with Gasteiger partial charge in [0.15, 0.2) is 5.75 Å². The fourth-order valence-electron chi connectivity index (χ4n) is 0.799. The molecule has 13 heavy (non-hydrogen) atoms. The smallest absolute Gasteiger partial charge is 0.158 e. The Morgan fingerprint density at radius 2 is 2.23 bits per heavy atom. The third kappa shape index (κ3) is 2.57. The lowest BCUT2D eigenvalue weighted by Gasteiger charge is -2.06. The molecule has 6 heteroatoms. The molecule has 72 valence electrons. The maximum atomic E-state index is 12.7. The third-order valence-corrected chi connectivity index (χ3v) is 2.08. The van der Waals surface area contributed by atoms with Gasteiger partial charge in [0.05, 0.1) is 10.7 Å². The zero-order valence-electron chi connectivity index (χ0n) is 6.67. The van der Waals surface area contributed by atoms with E-state index < -0.39 is 16.8 Å². The van der Waals surface area contributed by atoms with Crippen molar-refractivity contribution in [1.29, 1.82) is 0 Å². The van der Waals surface area contributed by atoms with Crippen molar-refractivity contribution < 1.29 is 13.7 Å². The standard InChI is InChI=1S/C7H7ClFNO2S/c1-13(12)10-6-3-4(9)2-5(8)7(6)11/h2-3,10-11H,1H3. The molecule has 1 aromatic carbocycles. The lowest BCUT2D eigenvalue weighted by Crippen LogP contribution is -2.01. The lowest BCUT2D eigenvalue weighted by molar-refractivity contribution is 0.476. The number of hydrogen-bond acceptors (Lipinski definition) is 2. The Morgan fingerprint density at radius 1 is 1.62 bits per heavy atom. The summed E-state index contributed by atoms with van der Waals surface area (Å²) in [6.07, 6.45) is 1.36. The van der Waals surface area contributed by atoms with Crippen molar-refractivity contribution in [2.24, 2.45) is 0 Å². The van der Waals surface area contributed by atoms with Crippen LogP contribution in [-0.2, 0) is 11.0 Å². The minimum Gasteiger partial charge on any atom is -0.504 e. The molecule has 0 aliphatic rings. The van der Waals surface area contributed by atoms with Gasteiger partial charge in [0.1, 0.15) is 16.8 Å². The van der Waals surface area contributed by atoms with Crippen LogP contribution in [0.4, 0.5) is 10.1 Å². The molecule has 1 aromatic rings. The van der Waals surface area contributed by atoms with Crippen molar-refractivity contribution in [3.63, 3.8) is 0 Å². The number of phenols is 1. The van der Waals surface area contributed by atoms with Crippen molar-refractivity contribution in [1.82, 2.24) is 0 Å². The number of hydrogen-bond donors (Lipinski definition) is 2. The summed E-state index contributed by atoms with van der Waals surface area (Å²) in [6.45, 7) is 0. The van der Waals surface area contributed by atoms with E-state index in [1.54, 1.807) is 0 Å². The normalized spacial score (nSPS) is 12.5. The number of anilines is 1. The number of phenolic OH excluding ortho intramolecular Hbond substituents is 1. The van der Waals surface area contributed by atoms with E-state index in [1.165, 1.54) is 6.26 Å². The van der Waals surface area contributed by atoms with Crippen molar-refractivity contribution in [2.45, 2.75) is 0 Å². The maximum Gasteiger partial charge on any atom is 0.158 e. The molecule has 0 spiro atoms. The van der Waals surface area contributed by atoms with E-state index in [2.05, 4.69) is 4.72 Å². The molecule has 1 atom stereocenters. The van der Waals surface area contributed by atoms with Gasteiger partial charge in [-0.15, -0.1) is 0 Å². The van der Waals surface area contributed by atoms with Crippen molar-refractivity contribution in [3.8, 4) is 5.75 Å². The first-order chi connectivity index (χ1) is 6.00. The van der Waals surface area contributed by atoms with Gasteiger partial charge >= 0.3 is 0 Å². The molecule has 1 unspecified atom stereocenters. The molecule has 0 heterocycles. The molecule has 0 aromatic heterocycles. The maximum absolute atomic E-state index is 12.7. The van der Waals surface area contributed by atoms with E-state index in [1.807, 2.05) is 0 Å². The number of aromatic hydroxyl groups is 1. The van der Waals surface area contributed by atoms with Gasteiger partial charge < -0.3 is 9.83 Å². The van der Waals surface area contributed by atoms with Crippen LogP contribution in [0.15, 0.2) is 12.1 Å². The van der Waals surface area contributed by atoms with Gasteiger partial charge in [-0.05, 0) is 6.07 Å². The molecule has 0 bridgehead atoms. The van der Waals surface area contributed by atoms with Gasteiger partial charge in [-0.25, -0.2) is 8.60 Å². The summed E-state index contributed by atoms with van der Waals surface area (Å²) in [5.41, 5.74) is 0.0193. The highest BCUT2D eigenvalue weighted by Gasteiger charge is 2.08. The van der Waals surface area contributed by atoms with Crippen LogP contribution >= 0.6 is 11.6 Å². The minimum absolute atomic E-state index is 0.0193. The van der Waals surface area contributed by atoms with E-state index in [9.17, 15) is 13.7 Å². The Hall–Kier alpha value is -0.810. The van der Waals surface area contributed by atoms with Crippen LogP contribution in [0.25, 0.3) is 0 Å². The fourth-order valence-corrected chi connectivity index (χ4v) is 1.47. The largest absolute Gasteiger partial charge is 0.504 e. The molecule has 0 saturated heterocycles. The van der Waals surface area contributed by atoms with E-state index >= 15 is 0 Å². The Labute approximate surface area is 82.1 Å². The van der Waals surface area contributed by atoms with E-state index in [4.69, 9.17) is 11.6 Å². The van der Waals surface area contributed by atoms with Crippen LogP contribution < -0.4 is 4.72 Å². The topological polar surface area (TPSA) is 49.3 Å². The number of rotatable bonds is 2. The summed E-state index contributed by atoms with van der Waals surface area (Å²) in [6, 6.07) is 1.99. The molecule has 3 nitrogen and oxygen atoms in total. The minimum atomic E-state index is -1.38. The van der Waals surface area contributed by atoms with Crippen LogP contribution in [0, 0.1) is 5.82 Å². The SMILES string of the molecule is CS(=O)Nc1cc(F)cc(Cl)c1O. The average Bonchev–Trinajstić information content (AvgIpc) is 1.98. The second-order valence-electron chi connectivity index (χ2n) is 2.34. The van der Waals surface area contributed by atoms with Gasteiger partial charge in [-0.3, -0.25) is 0 Å². The van der Waals surface area contributed by atoms with E-state index in [0.717, 1.165) is 12.1 Å². The van der Waals surface area contributed by atoms with Gasteiger partial charge in [0, 0.05) is 12.3 Å². The zero-order valence-corrected chi connectivity index (χ0v) is 8.25. The highest BCUT2D eigenvalue weighted by molar-refractivity contribution is 7.85. The summed E-state index contributed by atoms with van der Waals surface area (Å²) in [5, 5.41) is 9.16. The molecule has 2 N–H and O–H groups in total. The van der Waals surface area contributed by atoms with Crippen molar-refractivity contribution in [2.75, 3.05) is 11.0 Å². The van der Waals surface area contributed by atoms with Crippen LogP contribution in [-0.4, -0.2) is 15.6 Å². The second-order valence-corrected chi connectivity index (χ2v) is 3.86. The second kappa shape index (κ2) is 3.93. The number of halogens is 2. The summed E-state index contributed by atoms with van der Waals surface area (Å²) in [5.74, 6) is -0.908. The Bertz CT molecular complexity index is 359. The van der Waals surface area contributed by atoms with Crippen LogP contribution in [0.1, 0.15) is 0 Å². The van der Waals surface area contributed by atoms with Crippen LogP contribution in [0.2, 0.25) is 5.02 Å². The van der Waals surface area contributed by atoms with Gasteiger partial charge in [-0.1, -0.05) is 11.6 Å². The Morgan fingerprint density at radius 3 is 2.77 bits per heavy atom. The highest BCUT2D eigenvalue weighted by Crippen LogP contribution is 2.32. The molecule has 0 amide bonds. The first-order valence-corrected chi connectivity index (χ1v) is 5.22. The highest BCUT2D eigenvalue weighted by atomic mass is 35.5. The summed E-state index contributed by atoms with van der Waals surface area (Å²) < 4.78 is 25.8. The first-order valence-electron chi connectivity index (χ1n) is 3.29. The monoisotopic (exact) mass is 223 g/mol. The quantitative estimate of drug-likeness (QED) is 0.753. The number of nitrogens with one attached hydrogen (secondary N) is 1.